The third-order valence-electron chi connectivity index (χ3n) is 2.88. The maximum Gasteiger partial charge on any atom is 0.150 e. The van der Waals surface area contributed by atoms with Gasteiger partial charge in [-0.25, -0.2) is 4.39 Å². The first-order chi connectivity index (χ1) is 9.74. The van der Waals surface area contributed by atoms with Crippen molar-refractivity contribution < 1.29 is 14.2 Å². The molecule has 5 nitrogen and oxygen atoms in total. The molecule has 2 aromatic rings. The van der Waals surface area contributed by atoms with Crippen molar-refractivity contribution in [1.29, 1.82) is 0 Å². The lowest BCUT2D eigenvalue weighted by atomic mass is 10.1. The molecule has 0 spiro atoms. The molecule has 0 aliphatic rings. The number of ether oxygens (including phenoxy) is 1. The van der Waals surface area contributed by atoms with Crippen molar-refractivity contribution in [3.05, 3.63) is 30.2 Å². The topological polar surface area (TPSA) is 80.4 Å². The van der Waals surface area contributed by atoms with Crippen LogP contribution in [0.3, 0.4) is 0 Å². The summed E-state index contributed by atoms with van der Waals surface area (Å²) in [5.41, 5.74) is 7.05. The van der Waals surface area contributed by atoms with E-state index in [0.29, 0.717) is 43.1 Å². The molecule has 0 amide bonds. The molecule has 4 N–H and O–H groups in total. The Kier molecular flexibility index (Phi) is 5.09. The number of benzene rings is 1. The molecule has 1 heterocycles. The molecule has 0 aliphatic carbocycles. The van der Waals surface area contributed by atoms with Crippen LogP contribution in [0.25, 0.3) is 10.9 Å². The SMILES string of the molecule is Nc1cc(F)c(NCCCOCCO)c2ncccc12. The molecule has 0 radical (unpaired) electrons. The van der Waals surface area contributed by atoms with Crippen LogP contribution >= 0.6 is 0 Å². The number of aliphatic hydroxyl groups is 1. The van der Waals surface area contributed by atoms with Gasteiger partial charge in [0.15, 0.2) is 5.82 Å². The summed E-state index contributed by atoms with van der Waals surface area (Å²) in [5, 5.41) is 12.3. The Bertz CT molecular complexity index is 578. The average Bonchev–Trinajstić information content (AvgIpc) is 2.45. The third-order valence-corrected chi connectivity index (χ3v) is 2.88. The predicted molar refractivity (Wildman–Crippen MR) is 77.1 cm³/mol. The van der Waals surface area contributed by atoms with Gasteiger partial charge in [-0.1, -0.05) is 0 Å². The Morgan fingerprint density at radius 2 is 2.25 bits per heavy atom. The molecule has 0 aliphatic heterocycles. The summed E-state index contributed by atoms with van der Waals surface area (Å²) in [6.07, 6.45) is 2.31. The Morgan fingerprint density at radius 3 is 3.05 bits per heavy atom. The molecule has 108 valence electrons. The first kappa shape index (κ1) is 14.5. The highest BCUT2D eigenvalue weighted by Gasteiger charge is 2.11. The first-order valence-corrected chi connectivity index (χ1v) is 6.49. The van der Waals surface area contributed by atoms with E-state index in [4.69, 9.17) is 15.6 Å². The van der Waals surface area contributed by atoms with Crippen molar-refractivity contribution in [3.8, 4) is 0 Å². The number of rotatable bonds is 7. The molecule has 0 fully saturated rings. The van der Waals surface area contributed by atoms with Crippen molar-refractivity contribution >= 4 is 22.3 Å². The minimum absolute atomic E-state index is 0.00851. The molecule has 1 aromatic carbocycles. The summed E-state index contributed by atoms with van der Waals surface area (Å²) >= 11 is 0. The summed E-state index contributed by atoms with van der Waals surface area (Å²) in [6, 6.07) is 4.88. The lowest BCUT2D eigenvalue weighted by Crippen LogP contribution is -2.09. The van der Waals surface area contributed by atoms with Gasteiger partial charge in [0.2, 0.25) is 0 Å². The van der Waals surface area contributed by atoms with Crippen molar-refractivity contribution in [2.45, 2.75) is 6.42 Å². The van der Waals surface area contributed by atoms with Gasteiger partial charge in [0.05, 0.1) is 24.4 Å². The minimum atomic E-state index is -0.412. The number of aliphatic hydroxyl groups excluding tert-OH is 1. The molecular formula is C14H18FN3O2. The van der Waals surface area contributed by atoms with Gasteiger partial charge in [-0.05, 0) is 24.6 Å². The number of pyridine rings is 1. The molecule has 1 aromatic heterocycles. The van der Waals surface area contributed by atoms with E-state index in [1.807, 2.05) is 6.07 Å². The van der Waals surface area contributed by atoms with Gasteiger partial charge < -0.3 is 20.9 Å². The second-order valence-corrected chi connectivity index (χ2v) is 4.34. The molecule has 0 bridgehead atoms. The summed E-state index contributed by atoms with van der Waals surface area (Å²) in [5.74, 6) is -0.412. The predicted octanol–water partition coefficient (Wildman–Crippen LogP) is 1.77. The lowest BCUT2D eigenvalue weighted by Gasteiger charge is -2.12. The number of aromatic nitrogens is 1. The molecule has 0 atom stereocenters. The third kappa shape index (κ3) is 3.34. The van der Waals surface area contributed by atoms with Gasteiger partial charge in [0.25, 0.3) is 0 Å². The number of halogens is 1. The summed E-state index contributed by atoms with van der Waals surface area (Å²) < 4.78 is 19.1. The summed E-state index contributed by atoms with van der Waals surface area (Å²) in [4.78, 5) is 4.18. The molecule has 0 saturated carbocycles. The fourth-order valence-electron chi connectivity index (χ4n) is 1.96. The number of nitrogen functional groups attached to an aromatic ring is 1. The van der Waals surface area contributed by atoms with Gasteiger partial charge in [0.1, 0.15) is 0 Å². The van der Waals surface area contributed by atoms with Crippen LogP contribution in [-0.2, 0) is 4.74 Å². The Hall–Kier alpha value is -1.92. The normalized spacial score (nSPS) is 10.9. The van der Waals surface area contributed by atoms with E-state index in [2.05, 4.69) is 10.3 Å². The fourth-order valence-corrected chi connectivity index (χ4v) is 1.96. The van der Waals surface area contributed by atoms with E-state index in [0.717, 1.165) is 5.39 Å². The summed E-state index contributed by atoms with van der Waals surface area (Å²) in [7, 11) is 0. The van der Waals surface area contributed by atoms with Gasteiger partial charge in [-0.3, -0.25) is 4.98 Å². The Labute approximate surface area is 116 Å². The molecule has 20 heavy (non-hydrogen) atoms. The van der Waals surface area contributed by atoms with E-state index >= 15 is 0 Å². The standard InChI is InChI=1S/C14H18FN3O2/c15-11-9-12(16)10-3-1-4-17-13(10)14(11)18-5-2-7-20-8-6-19/h1,3-4,9,18-19H,2,5-8,16H2. The number of hydrogen-bond donors (Lipinski definition) is 3. The number of anilines is 2. The van der Waals surface area contributed by atoms with Crippen LogP contribution in [0.2, 0.25) is 0 Å². The van der Waals surface area contributed by atoms with Gasteiger partial charge >= 0.3 is 0 Å². The lowest BCUT2D eigenvalue weighted by molar-refractivity contribution is 0.0922. The van der Waals surface area contributed by atoms with Crippen molar-refractivity contribution in [3.63, 3.8) is 0 Å². The highest BCUT2D eigenvalue weighted by molar-refractivity contribution is 5.98. The summed E-state index contributed by atoms with van der Waals surface area (Å²) in [6.45, 7) is 1.39. The second-order valence-electron chi connectivity index (χ2n) is 4.34. The largest absolute Gasteiger partial charge is 0.398 e. The Morgan fingerprint density at radius 1 is 1.40 bits per heavy atom. The van der Waals surface area contributed by atoms with E-state index in [9.17, 15) is 4.39 Å². The van der Waals surface area contributed by atoms with Gasteiger partial charge in [-0.15, -0.1) is 0 Å². The maximum atomic E-state index is 14.0. The molecule has 6 heteroatoms. The number of hydrogen-bond acceptors (Lipinski definition) is 5. The average molecular weight is 279 g/mol. The van der Waals surface area contributed by atoms with E-state index < -0.39 is 5.82 Å². The van der Waals surface area contributed by atoms with Crippen LogP contribution < -0.4 is 11.1 Å². The maximum absolute atomic E-state index is 14.0. The quantitative estimate of drug-likeness (QED) is 0.531. The molecular weight excluding hydrogens is 261 g/mol. The zero-order valence-electron chi connectivity index (χ0n) is 11.1. The minimum Gasteiger partial charge on any atom is -0.398 e. The zero-order valence-corrected chi connectivity index (χ0v) is 11.1. The van der Waals surface area contributed by atoms with Crippen LogP contribution in [0, 0.1) is 5.82 Å². The van der Waals surface area contributed by atoms with Crippen LogP contribution in [0.4, 0.5) is 15.8 Å². The van der Waals surface area contributed by atoms with Crippen LogP contribution in [0.5, 0.6) is 0 Å². The van der Waals surface area contributed by atoms with Gasteiger partial charge in [0, 0.05) is 30.4 Å². The molecule has 2 rings (SSSR count). The van der Waals surface area contributed by atoms with E-state index in [1.165, 1.54) is 6.07 Å². The van der Waals surface area contributed by atoms with Crippen molar-refractivity contribution in [2.24, 2.45) is 0 Å². The molecule has 0 unspecified atom stereocenters. The smallest absolute Gasteiger partial charge is 0.150 e. The van der Waals surface area contributed by atoms with Crippen LogP contribution in [0.1, 0.15) is 6.42 Å². The van der Waals surface area contributed by atoms with E-state index in [-0.39, 0.29) is 6.61 Å². The first-order valence-electron chi connectivity index (χ1n) is 6.49. The Balaban J connectivity index is 2.06. The monoisotopic (exact) mass is 279 g/mol. The number of nitrogens with zero attached hydrogens (tertiary/aromatic N) is 1. The van der Waals surface area contributed by atoms with Gasteiger partial charge in [-0.2, -0.15) is 0 Å². The highest BCUT2D eigenvalue weighted by atomic mass is 19.1. The number of fused-ring (bicyclic) bond motifs is 1. The van der Waals surface area contributed by atoms with Crippen molar-refractivity contribution in [1.82, 2.24) is 4.98 Å². The second kappa shape index (κ2) is 7.02. The zero-order chi connectivity index (χ0) is 14.4. The number of nitrogens with two attached hydrogens (primary N) is 1. The van der Waals surface area contributed by atoms with Crippen molar-refractivity contribution in [2.75, 3.05) is 37.4 Å². The van der Waals surface area contributed by atoms with Crippen LogP contribution in [-0.4, -0.2) is 36.5 Å². The fraction of sp³-hybridized carbons (Fsp3) is 0.357. The van der Waals surface area contributed by atoms with Crippen LogP contribution in [0.15, 0.2) is 24.4 Å². The highest BCUT2D eigenvalue weighted by Crippen LogP contribution is 2.29. The van der Waals surface area contributed by atoms with E-state index in [1.54, 1.807) is 12.3 Å². The molecule has 0 saturated heterocycles. The number of nitrogens with one attached hydrogen (secondary N) is 1.